The maximum Gasteiger partial charge on any atom is 0.129 e. The monoisotopic (exact) mass is 209 g/mol. The quantitative estimate of drug-likeness (QED) is 0.803. The third-order valence-electron chi connectivity index (χ3n) is 2.05. The first-order valence-corrected chi connectivity index (χ1v) is 5.17. The van der Waals surface area contributed by atoms with Crippen LogP contribution >= 0.6 is 0 Å². The van der Waals surface area contributed by atoms with Gasteiger partial charge in [-0.05, 0) is 19.8 Å². The molecule has 0 spiro atoms. The number of nitrogens with one attached hydrogen (secondary N) is 1. The molecule has 0 aromatic carbocycles. The molecule has 0 amide bonds. The van der Waals surface area contributed by atoms with Crippen LogP contribution < -0.4 is 5.32 Å². The van der Waals surface area contributed by atoms with Gasteiger partial charge in [-0.15, -0.1) is 0 Å². The summed E-state index contributed by atoms with van der Waals surface area (Å²) in [5.41, 5.74) is 0.990. The number of nitrogens with zero attached hydrogens (tertiary/aromatic N) is 2. The van der Waals surface area contributed by atoms with Crippen LogP contribution in [0.5, 0.6) is 0 Å². The summed E-state index contributed by atoms with van der Waals surface area (Å²) < 4.78 is 5.07. The largest absolute Gasteiger partial charge is 0.384 e. The Labute approximate surface area is 91.1 Å². The highest BCUT2D eigenvalue weighted by Crippen LogP contribution is 2.06. The van der Waals surface area contributed by atoms with E-state index in [1.807, 2.05) is 19.9 Å². The van der Waals surface area contributed by atoms with Gasteiger partial charge in [0.25, 0.3) is 0 Å². The molecule has 0 saturated carbocycles. The molecular weight excluding hydrogens is 190 g/mol. The van der Waals surface area contributed by atoms with E-state index in [-0.39, 0.29) is 0 Å². The summed E-state index contributed by atoms with van der Waals surface area (Å²) in [5, 5.41) is 3.28. The highest BCUT2D eigenvalue weighted by molar-refractivity contribution is 5.35. The number of hydrogen-bond donors (Lipinski definition) is 1. The molecule has 1 rings (SSSR count). The van der Waals surface area contributed by atoms with E-state index in [0.717, 1.165) is 30.5 Å². The molecule has 0 aliphatic heterocycles. The molecule has 1 aromatic heterocycles. The van der Waals surface area contributed by atoms with Crippen molar-refractivity contribution in [1.82, 2.24) is 9.97 Å². The zero-order valence-corrected chi connectivity index (χ0v) is 9.87. The van der Waals surface area contributed by atoms with Crippen molar-refractivity contribution >= 4 is 5.82 Å². The Morgan fingerprint density at radius 1 is 1.40 bits per heavy atom. The minimum Gasteiger partial charge on any atom is -0.384 e. The predicted octanol–water partition coefficient (Wildman–Crippen LogP) is 1.79. The van der Waals surface area contributed by atoms with Gasteiger partial charge in [-0.2, -0.15) is 0 Å². The highest BCUT2D eigenvalue weighted by Gasteiger charge is 2.02. The average molecular weight is 209 g/mol. The van der Waals surface area contributed by atoms with Crippen molar-refractivity contribution in [2.45, 2.75) is 20.8 Å². The lowest BCUT2D eigenvalue weighted by Gasteiger charge is -2.12. The summed E-state index contributed by atoms with van der Waals surface area (Å²) >= 11 is 0. The van der Waals surface area contributed by atoms with Gasteiger partial charge in [0.05, 0.1) is 6.61 Å². The van der Waals surface area contributed by atoms with E-state index >= 15 is 0 Å². The average Bonchev–Trinajstić information content (AvgIpc) is 2.14. The van der Waals surface area contributed by atoms with Gasteiger partial charge in [-0.1, -0.05) is 6.92 Å². The maximum absolute atomic E-state index is 5.07. The van der Waals surface area contributed by atoms with Gasteiger partial charge in [0.15, 0.2) is 0 Å². The van der Waals surface area contributed by atoms with E-state index in [1.54, 1.807) is 7.11 Å². The van der Waals surface area contributed by atoms with Gasteiger partial charge in [0, 0.05) is 25.4 Å². The molecular formula is C11H19N3O. The van der Waals surface area contributed by atoms with E-state index < -0.39 is 0 Å². The first-order valence-electron chi connectivity index (χ1n) is 5.17. The molecule has 0 fully saturated rings. The standard InChI is InChI=1S/C11H19N3O/c1-8(7-15-4)6-12-11-5-9(2)13-10(3)14-11/h5,8H,6-7H2,1-4H3,(H,12,13,14). The summed E-state index contributed by atoms with van der Waals surface area (Å²) in [4.78, 5) is 8.52. The lowest BCUT2D eigenvalue weighted by Crippen LogP contribution is -2.16. The topological polar surface area (TPSA) is 47.0 Å². The van der Waals surface area contributed by atoms with Crippen molar-refractivity contribution in [3.05, 3.63) is 17.6 Å². The van der Waals surface area contributed by atoms with Crippen LogP contribution in [-0.2, 0) is 4.74 Å². The Hall–Kier alpha value is -1.16. The summed E-state index contributed by atoms with van der Waals surface area (Å²) in [6.07, 6.45) is 0. The van der Waals surface area contributed by atoms with Crippen molar-refractivity contribution in [3.8, 4) is 0 Å². The summed E-state index contributed by atoms with van der Waals surface area (Å²) in [6, 6.07) is 1.95. The van der Waals surface area contributed by atoms with Crippen molar-refractivity contribution in [1.29, 1.82) is 0 Å². The first-order chi connectivity index (χ1) is 7.11. The molecule has 0 bridgehead atoms. The number of rotatable bonds is 5. The van der Waals surface area contributed by atoms with Crippen molar-refractivity contribution in [2.75, 3.05) is 25.6 Å². The third kappa shape index (κ3) is 4.25. The molecule has 0 radical (unpaired) electrons. The fourth-order valence-electron chi connectivity index (χ4n) is 1.43. The van der Waals surface area contributed by atoms with E-state index in [1.165, 1.54) is 0 Å². The van der Waals surface area contributed by atoms with Crippen LogP contribution in [0.1, 0.15) is 18.4 Å². The molecule has 1 heterocycles. The number of ether oxygens (including phenoxy) is 1. The minimum absolute atomic E-state index is 0.477. The van der Waals surface area contributed by atoms with Gasteiger partial charge in [-0.3, -0.25) is 0 Å². The van der Waals surface area contributed by atoms with Crippen LogP contribution in [0.4, 0.5) is 5.82 Å². The Kier molecular flexibility index (Phi) is 4.49. The molecule has 0 aliphatic carbocycles. The lowest BCUT2D eigenvalue weighted by atomic mass is 10.2. The minimum atomic E-state index is 0.477. The summed E-state index contributed by atoms with van der Waals surface area (Å²) in [7, 11) is 1.72. The SMILES string of the molecule is COCC(C)CNc1cc(C)nc(C)n1. The molecule has 4 nitrogen and oxygen atoms in total. The second kappa shape index (κ2) is 5.66. The fraction of sp³-hybridized carbons (Fsp3) is 0.636. The van der Waals surface area contributed by atoms with Crippen molar-refractivity contribution in [2.24, 2.45) is 5.92 Å². The Morgan fingerprint density at radius 3 is 2.73 bits per heavy atom. The molecule has 1 atom stereocenters. The molecule has 15 heavy (non-hydrogen) atoms. The molecule has 0 saturated heterocycles. The maximum atomic E-state index is 5.07. The van der Waals surface area contributed by atoms with E-state index in [4.69, 9.17) is 4.74 Å². The van der Waals surface area contributed by atoms with Gasteiger partial charge in [-0.25, -0.2) is 9.97 Å². The van der Waals surface area contributed by atoms with Crippen LogP contribution in [0.2, 0.25) is 0 Å². The van der Waals surface area contributed by atoms with E-state index in [0.29, 0.717) is 5.92 Å². The van der Waals surface area contributed by atoms with Gasteiger partial charge in [0.1, 0.15) is 11.6 Å². The van der Waals surface area contributed by atoms with E-state index in [2.05, 4.69) is 22.2 Å². The smallest absolute Gasteiger partial charge is 0.129 e. The third-order valence-corrected chi connectivity index (χ3v) is 2.05. The number of aromatic nitrogens is 2. The molecule has 1 unspecified atom stereocenters. The Morgan fingerprint density at radius 2 is 2.13 bits per heavy atom. The molecule has 1 N–H and O–H groups in total. The highest BCUT2D eigenvalue weighted by atomic mass is 16.5. The van der Waals surface area contributed by atoms with Gasteiger partial charge >= 0.3 is 0 Å². The predicted molar refractivity (Wildman–Crippen MR) is 61.0 cm³/mol. The molecule has 0 aliphatic rings. The zero-order chi connectivity index (χ0) is 11.3. The number of methoxy groups -OCH3 is 1. The second-order valence-corrected chi connectivity index (χ2v) is 3.88. The molecule has 84 valence electrons. The summed E-state index contributed by atoms with van der Waals surface area (Å²) in [5.74, 6) is 2.17. The molecule has 4 heteroatoms. The number of hydrogen-bond acceptors (Lipinski definition) is 4. The van der Waals surface area contributed by atoms with Gasteiger partial charge in [0.2, 0.25) is 0 Å². The van der Waals surface area contributed by atoms with Gasteiger partial charge < -0.3 is 10.1 Å². The van der Waals surface area contributed by atoms with Crippen LogP contribution in [0.3, 0.4) is 0 Å². The fourth-order valence-corrected chi connectivity index (χ4v) is 1.43. The lowest BCUT2D eigenvalue weighted by molar-refractivity contribution is 0.164. The van der Waals surface area contributed by atoms with Crippen LogP contribution in [0.25, 0.3) is 0 Å². The van der Waals surface area contributed by atoms with Crippen LogP contribution in [0.15, 0.2) is 6.07 Å². The van der Waals surface area contributed by atoms with E-state index in [9.17, 15) is 0 Å². The van der Waals surface area contributed by atoms with Crippen molar-refractivity contribution in [3.63, 3.8) is 0 Å². The second-order valence-electron chi connectivity index (χ2n) is 3.88. The van der Waals surface area contributed by atoms with Crippen LogP contribution in [0, 0.1) is 19.8 Å². The van der Waals surface area contributed by atoms with Crippen LogP contribution in [-0.4, -0.2) is 30.2 Å². The number of anilines is 1. The molecule has 1 aromatic rings. The Bertz CT molecular complexity index is 294. The normalized spacial score (nSPS) is 12.5. The zero-order valence-electron chi connectivity index (χ0n) is 9.87. The first kappa shape index (κ1) is 11.9. The number of aryl methyl sites for hydroxylation is 2. The summed E-state index contributed by atoms with van der Waals surface area (Å²) in [6.45, 7) is 7.63. The Balaban J connectivity index is 2.50. The van der Waals surface area contributed by atoms with Crippen molar-refractivity contribution < 1.29 is 4.74 Å².